The fraction of sp³-hybridized carbons (Fsp3) is 0.318. The Bertz CT molecular complexity index is 1020. The van der Waals surface area contributed by atoms with Crippen molar-refractivity contribution in [2.75, 3.05) is 6.61 Å². The van der Waals surface area contributed by atoms with Crippen molar-refractivity contribution < 1.29 is 14.3 Å². The number of hydrogen-bond acceptors (Lipinski definition) is 4. The van der Waals surface area contributed by atoms with Gasteiger partial charge in [-0.05, 0) is 45.4 Å². The van der Waals surface area contributed by atoms with Gasteiger partial charge < -0.3 is 9.30 Å². The van der Waals surface area contributed by atoms with Crippen molar-refractivity contribution in [2.24, 2.45) is 0 Å². The number of ether oxygens (including phenoxy) is 1. The lowest BCUT2D eigenvalue weighted by Gasteiger charge is -2.09. The first-order valence-corrected chi connectivity index (χ1v) is 9.15. The Morgan fingerprint density at radius 1 is 1.07 bits per heavy atom. The third kappa shape index (κ3) is 3.77. The number of carbonyl (C=O) groups excluding carboxylic acids is 2. The average Bonchev–Trinajstić information content (AvgIpc) is 2.93. The number of aryl methyl sites for hydroxylation is 2. The summed E-state index contributed by atoms with van der Waals surface area (Å²) in [4.78, 5) is 29.6. The Kier molecular flexibility index (Phi) is 5.40. The van der Waals surface area contributed by atoms with E-state index in [1.807, 2.05) is 51.1 Å². The molecule has 0 bridgehead atoms. The highest BCUT2D eigenvalue weighted by Crippen LogP contribution is 2.20. The largest absolute Gasteiger partial charge is 0.454 e. The Balaban J connectivity index is 1.79. The van der Waals surface area contributed by atoms with E-state index in [0.717, 1.165) is 41.0 Å². The van der Waals surface area contributed by atoms with Crippen LogP contribution in [0.15, 0.2) is 36.4 Å². The first kappa shape index (κ1) is 18.8. The lowest BCUT2D eigenvalue weighted by molar-refractivity contribution is 0.0476. The van der Waals surface area contributed by atoms with Gasteiger partial charge >= 0.3 is 5.97 Å². The number of esters is 1. The summed E-state index contributed by atoms with van der Waals surface area (Å²) in [5.41, 5.74) is 4.47. The zero-order valence-corrected chi connectivity index (χ0v) is 16.2. The van der Waals surface area contributed by atoms with Gasteiger partial charge in [0.1, 0.15) is 0 Å². The lowest BCUT2D eigenvalue weighted by atomic mass is 10.1. The van der Waals surface area contributed by atoms with Crippen LogP contribution in [0.1, 0.15) is 51.1 Å². The summed E-state index contributed by atoms with van der Waals surface area (Å²) in [7, 11) is 0. The third-order valence-corrected chi connectivity index (χ3v) is 4.72. The Hall–Kier alpha value is -2.95. The average molecular weight is 364 g/mol. The summed E-state index contributed by atoms with van der Waals surface area (Å²) in [5.74, 6) is -0.693. The summed E-state index contributed by atoms with van der Waals surface area (Å²) in [6.07, 6.45) is 0.993. The molecular weight excluding hydrogens is 340 g/mol. The highest BCUT2D eigenvalue weighted by molar-refractivity contribution is 6.05. The number of para-hydroxylation sites is 1. The van der Waals surface area contributed by atoms with Crippen molar-refractivity contribution in [1.82, 2.24) is 9.55 Å². The highest BCUT2D eigenvalue weighted by atomic mass is 16.5. The molecule has 0 saturated heterocycles. The number of benzene rings is 1. The van der Waals surface area contributed by atoms with Crippen LogP contribution in [-0.4, -0.2) is 27.9 Å². The zero-order valence-electron chi connectivity index (χ0n) is 16.2. The maximum Gasteiger partial charge on any atom is 0.339 e. The second-order valence-electron chi connectivity index (χ2n) is 6.76. The van der Waals surface area contributed by atoms with Gasteiger partial charge in [-0.2, -0.15) is 0 Å². The molecule has 0 spiro atoms. The second-order valence-corrected chi connectivity index (χ2v) is 6.76. The topological polar surface area (TPSA) is 61.2 Å². The molecule has 0 atom stereocenters. The van der Waals surface area contributed by atoms with Crippen LogP contribution in [0, 0.1) is 20.8 Å². The van der Waals surface area contributed by atoms with Gasteiger partial charge in [-0.3, -0.25) is 9.78 Å². The molecule has 0 saturated carbocycles. The van der Waals surface area contributed by atoms with E-state index in [2.05, 4.69) is 16.5 Å². The Labute approximate surface area is 159 Å². The smallest absolute Gasteiger partial charge is 0.339 e. The van der Waals surface area contributed by atoms with Crippen LogP contribution in [0.2, 0.25) is 0 Å². The number of fused-ring (bicyclic) bond motifs is 1. The summed E-state index contributed by atoms with van der Waals surface area (Å²) in [5, 5.41) is 0.724. The molecule has 0 aliphatic heterocycles. The molecule has 0 unspecified atom stereocenters. The fourth-order valence-electron chi connectivity index (χ4n) is 3.41. The molecule has 1 aromatic carbocycles. The van der Waals surface area contributed by atoms with Crippen molar-refractivity contribution in [3.63, 3.8) is 0 Å². The van der Waals surface area contributed by atoms with Crippen molar-refractivity contribution in [3.8, 4) is 0 Å². The van der Waals surface area contributed by atoms with Gasteiger partial charge in [0.2, 0.25) is 5.78 Å². The number of hydrogen-bond donors (Lipinski definition) is 0. The van der Waals surface area contributed by atoms with Crippen molar-refractivity contribution in [2.45, 2.75) is 40.7 Å². The molecule has 5 heteroatoms. The van der Waals surface area contributed by atoms with Gasteiger partial charge in [0, 0.05) is 34.6 Å². The SMILES string of the molecule is CCCn1c(C)cc(C(=O)COC(=O)c2cc(C)nc3ccccc23)c1C. The molecule has 0 fully saturated rings. The number of nitrogens with zero attached hydrogens (tertiary/aromatic N) is 2. The van der Waals surface area contributed by atoms with E-state index in [1.165, 1.54) is 0 Å². The minimum atomic E-state index is -0.507. The predicted molar refractivity (Wildman–Crippen MR) is 105 cm³/mol. The van der Waals surface area contributed by atoms with E-state index in [-0.39, 0.29) is 12.4 Å². The molecule has 2 heterocycles. The lowest BCUT2D eigenvalue weighted by Crippen LogP contribution is -2.15. The Morgan fingerprint density at radius 3 is 2.56 bits per heavy atom. The van der Waals surface area contributed by atoms with Crippen molar-refractivity contribution >= 4 is 22.7 Å². The van der Waals surface area contributed by atoms with E-state index < -0.39 is 5.97 Å². The van der Waals surface area contributed by atoms with Gasteiger partial charge in [-0.25, -0.2) is 4.79 Å². The normalized spacial score (nSPS) is 11.0. The molecule has 5 nitrogen and oxygen atoms in total. The van der Waals surface area contributed by atoms with Crippen LogP contribution in [-0.2, 0) is 11.3 Å². The number of rotatable bonds is 6. The van der Waals surface area contributed by atoms with E-state index in [9.17, 15) is 9.59 Å². The summed E-state index contributed by atoms with van der Waals surface area (Å²) in [6, 6.07) is 11.0. The molecule has 3 rings (SSSR count). The fourth-order valence-corrected chi connectivity index (χ4v) is 3.41. The molecule has 2 aromatic heterocycles. The second kappa shape index (κ2) is 7.74. The number of ketones is 1. The molecule has 3 aromatic rings. The minimum Gasteiger partial charge on any atom is -0.454 e. The first-order valence-electron chi connectivity index (χ1n) is 9.15. The Morgan fingerprint density at radius 2 is 1.81 bits per heavy atom. The summed E-state index contributed by atoms with van der Waals surface area (Å²) >= 11 is 0. The van der Waals surface area contributed by atoms with E-state index in [4.69, 9.17) is 4.74 Å². The van der Waals surface area contributed by atoms with Crippen LogP contribution < -0.4 is 0 Å². The van der Waals surface area contributed by atoms with Gasteiger partial charge in [-0.15, -0.1) is 0 Å². The van der Waals surface area contributed by atoms with Crippen LogP contribution in [0.3, 0.4) is 0 Å². The standard InChI is InChI=1S/C22H24N2O3/c1-5-10-24-15(3)12-18(16(24)4)21(25)13-27-22(26)19-11-14(2)23-20-9-7-6-8-17(19)20/h6-9,11-12H,5,10,13H2,1-4H3. The molecule has 0 aliphatic rings. The number of pyridine rings is 1. The molecule has 27 heavy (non-hydrogen) atoms. The monoisotopic (exact) mass is 364 g/mol. The molecule has 0 amide bonds. The number of aromatic nitrogens is 2. The van der Waals surface area contributed by atoms with Crippen LogP contribution in [0.5, 0.6) is 0 Å². The number of carbonyl (C=O) groups is 2. The molecular formula is C22H24N2O3. The maximum absolute atomic E-state index is 12.6. The summed E-state index contributed by atoms with van der Waals surface area (Å²) < 4.78 is 7.47. The molecule has 0 aliphatic carbocycles. The maximum atomic E-state index is 12.6. The molecule has 0 radical (unpaired) electrons. The van der Waals surface area contributed by atoms with Gasteiger partial charge in [-0.1, -0.05) is 25.1 Å². The van der Waals surface area contributed by atoms with Crippen LogP contribution >= 0.6 is 0 Å². The summed E-state index contributed by atoms with van der Waals surface area (Å²) in [6.45, 7) is 8.44. The van der Waals surface area contributed by atoms with E-state index >= 15 is 0 Å². The first-order chi connectivity index (χ1) is 12.9. The van der Waals surface area contributed by atoms with E-state index in [0.29, 0.717) is 11.1 Å². The van der Waals surface area contributed by atoms with Crippen molar-refractivity contribution in [3.05, 3.63) is 64.6 Å². The van der Waals surface area contributed by atoms with Gasteiger partial charge in [0.25, 0.3) is 0 Å². The van der Waals surface area contributed by atoms with Crippen LogP contribution in [0.25, 0.3) is 10.9 Å². The van der Waals surface area contributed by atoms with Gasteiger partial charge in [0.05, 0.1) is 11.1 Å². The van der Waals surface area contributed by atoms with Gasteiger partial charge in [0.15, 0.2) is 6.61 Å². The minimum absolute atomic E-state index is 0.186. The zero-order chi connectivity index (χ0) is 19.6. The molecule has 0 N–H and O–H groups in total. The van der Waals surface area contributed by atoms with Crippen LogP contribution in [0.4, 0.5) is 0 Å². The highest BCUT2D eigenvalue weighted by Gasteiger charge is 2.19. The quantitative estimate of drug-likeness (QED) is 0.480. The van der Waals surface area contributed by atoms with E-state index in [1.54, 1.807) is 6.07 Å². The number of Topliss-reactive ketones (excluding diaryl/α,β-unsaturated/α-hetero) is 1. The van der Waals surface area contributed by atoms with Crippen molar-refractivity contribution in [1.29, 1.82) is 0 Å². The molecule has 140 valence electrons. The third-order valence-electron chi connectivity index (χ3n) is 4.72. The predicted octanol–water partition coefficient (Wildman–Crippen LogP) is 4.41.